The second-order valence-electron chi connectivity index (χ2n) is 3.66. The molecule has 2 aromatic heterocycles. The van der Waals surface area contributed by atoms with Gasteiger partial charge in [0.05, 0.1) is 5.88 Å². The number of aromatic nitrogens is 5. The van der Waals surface area contributed by atoms with Gasteiger partial charge in [-0.1, -0.05) is 25.4 Å². The van der Waals surface area contributed by atoms with Crippen LogP contribution in [0.2, 0.25) is 5.15 Å². The van der Waals surface area contributed by atoms with Crippen LogP contribution in [0.15, 0.2) is 6.33 Å². The summed E-state index contributed by atoms with van der Waals surface area (Å²) in [6.45, 7) is 4.03. The lowest BCUT2D eigenvalue weighted by Gasteiger charge is -2.08. The van der Waals surface area contributed by atoms with Gasteiger partial charge in [-0.2, -0.15) is 4.68 Å². The van der Waals surface area contributed by atoms with Gasteiger partial charge in [0, 0.05) is 18.4 Å². The number of nitrogens with zero attached hydrogens (tertiary/aromatic N) is 5. The van der Waals surface area contributed by atoms with Crippen LogP contribution in [-0.4, -0.2) is 24.7 Å². The number of halogens is 2. The molecular formula is C11H13Cl2N5. The van der Waals surface area contributed by atoms with Crippen molar-refractivity contribution in [2.45, 2.75) is 32.6 Å². The van der Waals surface area contributed by atoms with Crippen LogP contribution in [0.1, 0.15) is 31.1 Å². The summed E-state index contributed by atoms with van der Waals surface area (Å²) in [6.07, 6.45) is 2.94. The lowest BCUT2D eigenvalue weighted by Crippen LogP contribution is -2.08. The summed E-state index contributed by atoms with van der Waals surface area (Å²) in [5.41, 5.74) is 0.670. The Morgan fingerprint density at radius 3 is 2.61 bits per heavy atom. The zero-order valence-corrected chi connectivity index (χ0v) is 11.7. The molecule has 96 valence electrons. The van der Waals surface area contributed by atoms with Crippen LogP contribution in [0.3, 0.4) is 0 Å². The van der Waals surface area contributed by atoms with E-state index in [1.165, 1.54) is 6.33 Å². The van der Waals surface area contributed by atoms with Gasteiger partial charge in [-0.15, -0.1) is 16.7 Å². The minimum atomic E-state index is 0.236. The number of aryl methyl sites for hydroxylation is 2. The zero-order valence-electron chi connectivity index (χ0n) is 10.2. The van der Waals surface area contributed by atoms with Gasteiger partial charge >= 0.3 is 0 Å². The predicted octanol–water partition coefficient (Wildman–Crippen LogP) is 2.57. The van der Waals surface area contributed by atoms with Crippen molar-refractivity contribution < 1.29 is 0 Å². The second kappa shape index (κ2) is 5.63. The van der Waals surface area contributed by atoms with Crippen molar-refractivity contribution in [1.82, 2.24) is 24.7 Å². The van der Waals surface area contributed by atoms with E-state index < -0.39 is 0 Å². The fourth-order valence-electron chi connectivity index (χ4n) is 1.62. The molecule has 0 amide bonds. The van der Waals surface area contributed by atoms with Crippen molar-refractivity contribution in [1.29, 1.82) is 0 Å². The number of hydrogen-bond donors (Lipinski definition) is 0. The fourth-order valence-corrected chi connectivity index (χ4v) is 2.13. The van der Waals surface area contributed by atoms with E-state index in [2.05, 4.69) is 20.1 Å². The van der Waals surface area contributed by atoms with E-state index in [9.17, 15) is 0 Å². The highest BCUT2D eigenvalue weighted by Crippen LogP contribution is 2.21. The maximum Gasteiger partial charge on any atom is 0.164 e. The minimum absolute atomic E-state index is 0.236. The molecule has 0 bridgehead atoms. The van der Waals surface area contributed by atoms with Gasteiger partial charge in [0.25, 0.3) is 0 Å². The van der Waals surface area contributed by atoms with E-state index in [1.54, 1.807) is 4.68 Å². The largest absolute Gasteiger partial charge is 0.224 e. The van der Waals surface area contributed by atoms with Gasteiger partial charge in [0.15, 0.2) is 11.6 Å². The lowest BCUT2D eigenvalue weighted by molar-refractivity contribution is 0.757. The second-order valence-corrected chi connectivity index (χ2v) is 4.29. The Morgan fingerprint density at radius 2 is 2.00 bits per heavy atom. The number of alkyl halides is 1. The molecule has 0 fully saturated rings. The van der Waals surface area contributed by atoms with Crippen molar-refractivity contribution >= 4 is 23.2 Å². The van der Waals surface area contributed by atoms with Gasteiger partial charge in [0.1, 0.15) is 17.3 Å². The first-order valence-corrected chi connectivity index (χ1v) is 6.63. The van der Waals surface area contributed by atoms with Crippen LogP contribution in [0.4, 0.5) is 0 Å². The predicted molar refractivity (Wildman–Crippen MR) is 70.3 cm³/mol. The van der Waals surface area contributed by atoms with Gasteiger partial charge in [-0.3, -0.25) is 0 Å². The molecule has 0 atom stereocenters. The molecule has 0 radical (unpaired) electrons. The first-order valence-electron chi connectivity index (χ1n) is 5.71. The van der Waals surface area contributed by atoms with Crippen LogP contribution in [-0.2, 0) is 18.7 Å². The molecule has 2 heterocycles. The van der Waals surface area contributed by atoms with Crippen LogP contribution in [0, 0.1) is 0 Å². The summed E-state index contributed by atoms with van der Waals surface area (Å²) in [6, 6.07) is 0. The fraction of sp³-hybridized carbons (Fsp3) is 0.455. The number of rotatable bonds is 4. The monoisotopic (exact) mass is 285 g/mol. The molecular weight excluding hydrogens is 273 g/mol. The molecule has 2 aromatic rings. The summed E-state index contributed by atoms with van der Waals surface area (Å²) in [4.78, 5) is 12.6. The van der Waals surface area contributed by atoms with Crippen molar-refractivity contribution in [3.63, 3.8) is 0 Å². The Morgan fingerprint density at radius 1 is 1.22 bits per heavy atom. The van der Waals surface area contributed by atoms with Gasteiger partial charge in [0.2, 0.25) is 0 Å². The van der Waals surface area contributed by atoms with Crippen molar-refractivity contribution in [2.75, 3.05) is 0 Å². The first-order chi connectivity index (χ1) is 8.71. The molecule has 0 aliphatic carbocycles. The quantitative estimate of drug-likeness (QED) is 0.640. The molecule has 18 heavy (non-hydrogen) atoms. The molecule has 0 unspecified atom stereocenters. The summed E-state index contributed by atoms with van der Waals surface area (Å²) >= 11 is 11.9. The van der Waals surface area contributed by atoms with E-state index in [4.69, 9.17) is 23.2 Å². The van der Waals surface area contributed by atoms with Crippen molar-refractivity contribution in [3.05, 3.63) is 28.7 Å². The molecule has 5 nitrogen and oxygen atoms in total. The molecule has 0 aromatic carbocycles. The zero-order chi connectivity index (χ0) is 13.1. The van der Waals surface area contributed by atoms with E-state index in [0.717, 1.165) is 24.5 Å². The lowest BCUT2D eigenvalue weighted by atomic mass is 10.3. The normalized spacial score (nSPS) is 10.9. The summed E-state index contributed by atoms with van der Waals surface area (Å²) in [5, 5.41) is 4.77. The maximum atomic E-state index is 6.02. The standard InChI is InChI=1S/C11H13Cl2N5/c1-3-8-16-9(4-2)18(17-8)11-7(5-12)10(13)14-6-15-11/h6H,3-5H2,1-2H3. The van der Waals surface area contributed by atoms with E-state index >= 15 is 0 Å². The van der Waals surface area contributed by atoms with E-state index in [1.807, 2.05) is 13.8 Å². The Hall–Kier alpha value is -1.20. The Bertz CT molecular complexity index is 552. The third kappa shape index (κ3) is 2.33. The maximum absolute atomic E-state index is 6.02. The highest BCUT2D eigenvalue weighted by molar-refractivity contribution is 6.31. The molecule has 0 saturated heterocycles. The van der Waals surface area contributed by atoms with E-state index in [0.29, 0.717) is 16.5 Å². The third-order valence-corrected chi connectivity index (χ3v) is 3.15. The Kier molecular flexibility index (Phi) is 4.14. The summed E-state index contributed by atoms with van der Waals surface area (Å²) in [7, 11) is 0. The Labute approximate surface area is 115 Å². The van der Waals surface area contributed by atoms with Crippen molar-refractivity contribution in [2.24, 2.45) is 0 Å². The average molecular weight is 286 g/mol. The molecule has 0 spiro atoms. The summed E-state index contributed by atoms with van der Waals surface area (Å²) in [5.74, 6) is 2.46. The molecule has 7 heteroatoms. The highest BCUT2D eigenvalue weighted by Gasteiger charge is 2.16. The molecule has 0 N–H and O–H groups in total. The molecule has 0 aliphatic rings. The van der Waals surface area contributed by atoms with Gasteiger partial charge in [-0.05, 0) is 0 Å². The van der Waals surface area contributed by atoms with Crippen LogP contribution in [0.5, 0.6) is 0 Å². The van der Waals surface area contributed by atoms with Crippen molar-refractivity contribution in [3.8, 4) is 5.82 Å². The Balaban J connectivity index is 2.60. The van der Waals surface area contributed by atoms with Gasteiger partial charge < -0.3 is 0 Å². The summed E-state index contributed by atoms with van der Waals surface area (Å²) < 4.78 is 1.70. The third-order valence-electron chi connectivity index (χ3n) is 2.55. The first kappa shape index (κ1) is 13.2. The topological polar surface area (TPSA) is 56.5 Å². The van der Waals surface area contributed by atoms with Crippen LogP contribution >= 0.6 is 23.2 Å². The SMILES string of the molecule is CCc1nc(CC)n(-c2ncnc(Cl)c2CCl)n1. The smallest absolute Gasteiger partial charge is 0.164 e. The minimum Gasteiger partial charge on any atom is -0.224 e. The number of hydrogen-bond acceptors (Lipinski definition) is 4. The molecule has 2 rings (SSSR count). The average Bonchev–Trinajstić information content (AvgIpc) is 2.81. The highest BCUT2D eigenvalue weighted by atomic mass is 35.5. The molecule has 0 saturated carbocycles. The molecule has 0 aliphatic heterocycles. The van der Waals surface area contributed by atoms with E-state index in [-0.39, 0.29) is 5.88 Å². The van der Waals surface area contributed by atoms with Crippen LogP contribution < -0.4 is 0 Å². The van der Waals surface area contributed by atoms with Gasteiger partial charge in [-0.25, -0.2) is 15.0 Å². The van der Waals surface area contributed by atoms with Crippen LogP contribution in [0.25, 0.3) is 5.82 Å².